The third kappa shape index (κ3) is 7.92. The Hall–Kier alpha value is -4.27. The van der Waals surface area contributed by atoms with Gasteiger partial charge in [0.15, 0.2) is 5.78 Å². The number of aryl methyl sites for hydroxylation is 1. The molecule has 2 aromatic rings. The molecule has 1 aromatic carbocycles. The fourth-order valence-electron chi connectivity index (χ4n) is 7.92. The predicted molar refractivity (Wildman–Crippen MR) is 197 cm³/mol. The first-order valence-corrected chi connectivity index (χ1v) is 20.6. The zero-order valence-electron chi connectivity index (χ0n) is 31.4. The third-order valence-electron chi connectivity index (χ3n) is 11.6. The number of nitrogens with one attached hydrogen (secondary N) is 1. The lowest BCUT2D eigenvalue weighted by molar-refractivity contribution is -0.226. The van der Waals surface area contributed by atoms with Crippen molar-refractivity contribution in [3.63, 3.8) is 0 Å². The molecule has 0 radical (unpaired) electrons. The molecule has 2 amide bonds. The SMILES string of the molecule is C=C[C@H]1C[C@]1(CC(=O)[C@@H]1C[C@@H]2CN1C(=O)[C@H](C(C)(C)C)NC(=O)O[C@@H]1C[C@H]1CCCCCc1nc3ccc(OC)cc3nc1O2)/C([O-])=N/S(=O)(=O)C1CC1. The van der Waals surface area contributed by atoms with Gasteiger partial charge in [0.05, 0.1) is 36.0 Å². The molecular weight excluding hydrogens is 715 g/mol. The molecule has 1 N–H and O–H groups in total. The van der Waals surface area contributed by atoms with Gasteiger partial charge in [-0.2, -0.15) is 4.40 Å². The molecule has 0 spiro atoms. The molecule has 7 atom stereocenters. The Morgan fingerprint density at radius 3 is 2.59 bits per heavy atom. The van der Waals surface area contributed by atoms with E-state index in [4.69, 9.17) is 24.2 Å². The van der Waals surface area contributed by atoms with E-state index in [2.05, 4.69) is 16.3 Å². The van der Waals surface area contributed by atoms with E-state index in [1.807, 2.05) is 32.9 Å². The molecule has 1 saturated heterocycles. The van der Waals surface area contributed by atoms with Crippen LogP contribution in [0.4, 0.5) is 4.79 Å². The molecule has 54 heavy (non-hydrogen) atoms. The Morgan fingerprint density at radius 2 is 1.91 bits per heavy atom. The van der Waals surface area contributed by atoms with Gasteiger partial charge >= 0.3 is 6.09 Å². The fourth-order valence-corrected chi connectivity index (χ4v) is 9.21. The largest absolute Gasteiger partial charge is 0.861 e. The highest BCUT2D eigenvalue weighted by Gasteiger charge is 2.57. The smallest absolute Gasteiger partial charge is 0.408 e. The van der Waals surface area contributed by atoms with Gasteiger partial charge in [-0.25, -0.2) is 23.2 Å². The summed E-state index contributed by atoms with van der Waals surface area (Å²) in [7, 11) is -2.42. The first-order valence-electron chi connectivity index (χ1n) is 19.1. The molecule has 0 unspecified atom stereocenters. The van der Waals surface area contributed by atoms with Crippen molar-refractivity contribution in [2.75, 3.05) is 13.7 Å². The van der Waals surface area contributed by atoms with E-state index in [0.29, 0.717) is 47.6 Å². The van der Waals surface area contributed by atoms with Crippen molar-refractivity contribution in [3.05, 3.63) is 36.5 Å². The molecule has 3 heterocycles. The predicted octanol–water partition coefficient (Wildman–Crippen LogP) is 4.04. The molecule has 15 heteroatoms. The van der Waals surface area contributed by atoms with Crippen LogP contribution in [0.2, 0.25) is 0 Å². The summed E-state index contributed by atoms with van der Waals surface area (Å²) in [6.45, 7) is 9.27. The number of fused-ring (bicyclic) bond motifs is 5. The van der Waals surface area contributed by atoms with Gasteiger partial charge in [-0.3, -0.25) is 9.59 Å². The van der Waals surface area contributed by atoms with Crippen LogP contribution in [0, 0.1) is 22.7 Å². The summed E-state index contributed by atoms with van der Waals surface area (Å²) in [5, 5.41) is 15.7. The van der Waals surface area contributed by atoms with Gasteiger partial charge in [0.25, 0.3) is 10.0 Å². The van der Waals surface area contributed by atoms with E-state index < -0.39 is 73.9 Å². The molecule has 5 aliphatic rings. The number of carbonyl (C=O) groups excluding carboxylic acids is 3. The van der Waals surface area contributed by atoms with Crippen LogP contribution >= 0.6 is 0 Å². The Balaban J connectivity index is 1.23. The van der Waals surface area contributed by atoms with Crippen LogP contribution in [0.1, 0.15) is 90.7 Å². The topological polar surface area (TPSA) is 190 Å². The van der Waals surface area contributed by atoms with Crippen molar-refractivity contribution in [1.82, 2.24) is 20.2 Å². The summed E-state index contributed by atoms with van der Waals surface area (Å²) in [5.74, 6) is -1.04. The number of Topliss-reactive ketones (excluding diaryl/α,β-unsaturated/α-hetero) is 1. The molecule has 2 bridgehead atoms. The van der Waals surface area contributed by atoms with Crippen LogP contribution in [0.15, 0.2) is 35.3 Å². The highest BCUT2D eigenvalue weighted by atomic mass is 32.2. The second-order valence-electron chi connectivity index (χ2n) is 16.8. The molecule has 3 saturated carbocycles. The number of rotatable bonds is 8. The van der Waals surface area contributed by atoms with Crippen LogP contribution in [0.5, 0.6) is 11.6 Å². The first-order chi connectivity index (χ1) is 25.6. The van der Waals surface area contributed by atoms with Crippen LogP contribution in [0.3, 0.4) is 0 Å². The summed E-state index contributed by atoms with van der Waals surface area (Å²) >= 11 is 0. The number of hydrogen-bond donors (Lipinski definition) is 1. The number of hydrogen-bond acceptors (Lipinski definition) is 11. The second-order valence-corrected chi connectivity index (χ2v) is 18.6. The maximum atomic E-state index is 14.6. The maximum Gasteiger partial charge on any atom is 0.408 e. The number of ketones is 1. The number of benzene rings is 1. The molecule has 3 aliphatic carbocycles. The summed E-state index contributed by atoms with van der Waals surface area (Å²) < 4.78 is 46.8. The van der Waals surface area contributed by atoms with E-state index in [1.54, 1.807) is 19.3 Å². The Labute approximate surface area is 316 Å². The van der Waals surface area contributed by atoms with Crippen LogP contribution in [-0.4, -0.2) is 90.2 Å². The Morgan fingerprint density at radius 1 is 1.13 bits per heavy atom. The summed E-state index contributed by atoms with van der Waals surface area (Å²) in [4.78, 5) is 53.5. The lowest BCUT2D eigenvalue weighted by Crippen LogP contribution is -2.57. The fraction of sp³-hybridized carbons (Fsp3) is 0.641. The number of aromatic nitrogens is 2. The van der Waals surface area contributed by atoms with Gasteiger partial charge in [0.2, 0.25) is 11.8 Å². The number of nitrogens with zero attached hydrogens (tertiary/aromatic N) is 4. The average Bonchev–Trinajstić information content (AvgIpc) is 4.04. The van der Waals surface area contributed by atoms with Crippen molar-refractivity contribution in [2.24, 2.45) is 27.1 Å². The second kappa shape index (κ2) is 14.4. The molecule has 7 rings (SSSR count). The van der Waals surface area contributed by atoms with Crippen molar-refractivity contribution in [3.8, 4) is 11.6 Å². The van der Waals surface area contributed by atoms with Crippen molar-refractivity contribution >= 4 is 44.7 Å². The highest BCUT2D eigenvalue weighted by Crippen LogP contribution is 2.57. The minimum absolute atomic E-state index is 0.00716. The lowest BCUT2D eigenvalue weighted by atomic mass is 9.85. The van der Waals surface area contributed by atoms with Crippen LogP contribution in [-0.2, 0) is 30.8 Å². The third-order valence-corrected chi connectivity index (χ3v) is 13.3. The number of methoxy groups -OCH3 is 1. The van der Waals surface area contributed by atoms with Gasteiger partial charge in [-0.15, -0.1) is 6.58 Å². The number of alkyl carbamates (subject to hydrolysis) is 1. The zero-order valence-corrected chi connectivity index (χ0v) is 32.2. The number of ether oxygens (including phenoxy) is 3. The van der Waals surface area contributed by atoms with Crippen molar-refractivity contribution in [2.45, 2.75) is 121 Å². The Kier molecular flexibility index (Phi) is 10.2. The molecule has 2 aliphatic heterocycles. The van der Waals surface area contributed by atoms with E-state index in [1.165, 1.54) is 4.90 Å². The Bertz CT molecular complexity index is 1980. The molecule has 4 fully saturated rings. The minimum atomic E-state index is -3.99. The molecule has 14 nitrogen and oxygen atoms in total. The van der Waals surface area contributed by atoms with Crippen molar-refractivity contribution in [1.29, 1.82) is 0 Å². The van der Waals surface area contributed by atoms with E-state index >= 15 is 0 Å². The first kappa shape index (κ1) is 38.0. The minimum Gasteiger partial charge on any atom is -0.861 e. The summed E-state index contributed by atoms with van der Waals surface area (Å²) in [6.07, 6.45) is 5.84. The molecule has 292 valence electrons. The number of carbonyl (C=O) groups is 3. The lowest BCUT2D eigenvalue weighted by Gasteiger charge is -2.35. The van der Waals surface area contributed by atoms with Gasteiger partial charge in [-0.1, -0.05) is 39.7 Å². The number of amides is 2. The van der Waals surface area contributed by atoms with Crippen LogP contribution in [0.25, 0.3) is 11.0 Å². The highest BCUT2D eigenvalue weighted by molar-refractivity contribution is 7.91. The molecule has 1 aromatic heterocycles. The normalized spacial score (nSPS) is 30.8. The van der Waals surface area contributed by atoms with Gasteiger partial charge < -0.3 is 29.5 Å². The average molecular weight is 765 g/mol. The summed E-state index contributed by atoms with van der Waals surface area (Å²) in [5.41, 5.74) is -0.214. The standard InChI is InChI=1S/C39H51N5O9S/c1-6-23-19-39(23,36(47)43-54(49,50)26-13-14-26)20-31(45)30-18-25-21-44(30)35(46)33(38(2,3)4)42-37(48)53-32-16-22(32)10-8-7-9-11-28-34(52-25)41-29-17-24(51-5)12-15-27(29)40-28/h6,12,15,17,22-23,25-26,30,32-33H,1,7-11,13-14,16,18-21H2,2-5H3,(H,42,48)(H,43,47)/p-1/t22-,23+,25-,30+,32-,33-,39-/m1/s1. The van der Waals surface area contributed by atoms with E-state index in [-0.39, 0.29) is 37.8 Å². The van der Waals surface area contributed by atoms with Gasteiger partial charge in [0.1, 0.15) is 29.7 Å². The molecular formula is C39H50N5O9S-. The maximum absolute atomic E-state index is 14.6. The summed E-state index contributed by atoms with van der Waals surface area (Å²) in [6, 6.07) is 3.33. The number of allylic oxidation sites excluding steroid dienone is 1. The zero-order chi connectivity index (χ0) is 38.6. The van der Waals surface area contributed by atoms with Crippen LogP contribution < -0.4 is 19.9 Å². The quantitative estimate of drug-likeness (QED) is 0.232. The van der Waals surface area contributed by atoms with Gasteiger partial charge in [0, 0.05) is 24.3 Å². The van der Waals surface area contributed by atoms with Crippen molar-refractivity contribution < 1.29 is 42.1 Å². The number of sulfonamides is 1. The monoisotopic (exact) mass is 764 g/mol. The van der Waals surface area contributed by atoms with E-state index in [0.717, 1.165) is 32.1 Å². The van der Waals surface area contributed by atoms with E-state index in [9.17, 15) is 27.9 Å². The van der Waals surface area contributed by atoms with Gasteiger partial charge in [-0.05, 0) is 80.2 Å².